The Bertz CT molecular complexity index is 942. The highest BCUT2D eigenvalue weighted by molar-refractivity contribution is 8.00. The Morgan fingerprint density at radius 1 is 0.815 bits per heavy atom. The largest absolute Gasteiger partial charge is 0.322 e. The van der Waals surface area contributed by atoms with E-state index in [0.717, 1.165) is 15.5 Å². The van der Waals surface area contributed by atoms with E-state index < -0.39 is 0 Å². The minimum Gasteiger partial charge on any atom is -0.322 e. The quantitative estimate of drug-likeness (QED) is 0.417. The summed E-state index contributed by atoms with van der Waals surface area (Å²) >= 11 is 3.06. The lowest BCUT2D eigenvalue weighted by Gasteiger charge is -2.08. The molecule has 136 valence electrons. The number of Topliss-reactive ketones (excluding diaryl/α,β-unsaturated/α-hetero) is 1. The number of hydrogen-bond acceptors (Lipinski definition) is 4. The van der Waals surface area contributed by atoms with E-state index in [-0.39, 0.29) is 11.7 Å². The summed E-state index contributed by atoms with van der Waals surface area (Å²) in [4.78, 5) is 26.8. The Morgan fingerprint density at radius 3 is 2.30 bits per heavy atom. The number of benzene rings is 3. The molecule has 0 radical (unpaired) electrons. The van der Waals surface area contributed by atoms with Crippen molar-refractivity contribution in [1.82, 2.24) is 0 Å². The number of carbonyl (C=O) groups is 2. The van der Waals surface area contributed by atoms with Crippen molar-refractivity contribution in [3.8, 4) is 0 Å². The maximum Gasteiger partial charge on any atom is 0.255 e. The van der Waals surface area contributed by atoms with Gasteiger partial charge in [-0.2, -0.15) is 0 Å². The first-order chi connectivity index (χ1) is 13.2. The second kappa shape index (κ2) is 9.44. The number of anilines is 1. The van der Waals surface area contributed by atoms with Crippen molar-refractivity contribution in [2.24, 2.45) is 0 Å². The molecule has 3 aromatic rings. The third-order valence-electron chi connectivity index (χ3n) is 3.89. The standard InChI is InChI=1S/C22H19NO2S2/c1-26-19-11-6-10-18(14-19)23-22(25)17-9-5-12-20(13-17)27-15-21(24)16-7-3-2-4-8-16/h2-14H,15H2,1H3,(H,23,25). The molecule has 1 N–H and O–H groups in total. The SMILES string of the molecule is CSc1cccc(NC(=O)c2cccc(SCC(=O)c3ccccc3)c2)c1. The van der Waals surface area contributed by atoms with Gasteiger partial charge < -0.3 is 5.32 Å². The van der Waals surface area contributed by atoms with E-state index in [2.05, 4.69) is 5.32 Å². The average molecular weight is 394 g/mol. The number of thioether (sulfide) groups is 2. The molecule has 1 amide bonds. The van der Waals surface area contributed by atoms with Crippen molar-refractivity contribution < 1.29 is 9.59 Å². The van der Waals surface area contributed by atoms with Crippen LogP contribution in [-0.4, -0.2) is 23.7 Å². The minimum atomic E-state index is -0.162. The normalized spacial score (nSPS) is 10.4. The molecule has 0 heterocycles. The second-order valence-corrected chi connectivity index (χ2v) is 7.72. The Balaban J connectivity index is 1.64. The summed E-state index contributed by atoms with van der Waals surface area (Å²) in [7, 11) is 0. The van der Waals surface area contributed by atoms with Crippen molar-refractivity contribution >= 4 is 40.9 Å². The molecule has 3 rings (SSSR count). The highest BCUT2D eigenvalue weighted by Gasteiger charge is 2.10. The lowest BCUT2D eigenvalue weighted by molar-refractivity contribution is 0.101. The molecule has 3 nitrogen and oxygen atoms in total. The van der Waals surface area contributed by atoms with Gasteiger partial charge in [-0.1, -0.05) is 42.5 Å². The number of nitrogens with one attached hydrogen (secondary N) is 1. The molecular formula is C22H19NO2S2. The topological polar surface area (TPSA) is 46.2 Å². The molecule has 0 saturated carbocycles. The number of amides is 1. The zero-order valence-corrected chi connectivity index (χ0v) is 16.5. The number of ketones is 1. The minimum absolute atomic E-state index is 0.0735. The fraction of sp³-hybridized carbons (Fsp3) is 0.0909. The molecular weight excluding hydrogens is 374 g/mol. The monoisotopic (exact) mass is 393 g/mol. The predicted molar refractivity (Wildman–Crippen MR) is 114 cm³/mol. The van der Waals surface area contributed by atoms with Gasteiger partial charge in [-0.15, -0.1) is 23.5 Å². The molecule has 0 unspecified atom stereocenters. The van der Waals surface area contributed by atoms with Gasteiger partial charge in [-0.05, 0) is 42.7 Å². The first-order valence-electron chi connectivity index (χ1n) is 8.42. The molecule has 0 spiro atoms. The molecule has 0 atom stereocenters. The van der Waals surface area contributed by atoms with Crippen molar-refractivity contribution in [2.75, 3.05) is 17.3 Å². The van der Waals surface area contributed by atoms with Crippen LogP contribution in [0.1, 0.15) is 20.7 Å². The van der Waals surface area contributed by atoms with E-state index in [0.29, 0.717) is 16.9 Å². The van der Waals surface area contributed by atoms with Crippen LogP contribution in [0, 0.1) is 0 Å². The summed E-state index contributed by atoms with van der Waals surface area (Å²) in [6.45, 7) is 0. The van der Waals surface area contributed by atoms with E-state index in [4.69, 9.17) is 0 Å². The molecule has 0 aromatic heterocycles. The zero-order valence-electron chi connectivity index (χ0n) is 14.8. The average Bonchev–Trinajstić information content (AvgIpc) is 2.73. The van der Waals surface area contributed by atoms with Crippen molar-refractivity contribution in [1.29, 1.82) is 0 Å². The smallest absolute Gasteiger partial charge is 0.255 e. The fourth-order valence-corrected chi connectivity index (χ4v) is 3.80. The molecule has 0 aliphatic carbocycles. The van der Waals surface area contributed by atoms with E-state index in [1.54, 1.807) is 17.8 Å². The van der Waals surface area contributed by atoms with Gasteiger partial charge >= 0.3 is 0 Å². The van der Waals surface area contributed by atoms with Crippen molar-refractivity contribution in [2.45, 2.75) is 9.79 Å². The fourth-order valence-electron chi connectivity index (χ4n) is 2.49. The van der Waals surface area contributed by atoms with E-state index in [9.17, 15) is 9.59 Å². The lowest BCUT2D eigenvalue weighted by Crippen LogP contribution is -2.11. The summed E-state index contributed by atoms with van der Waals surface area (Å²) < 4.78 is 0. The number of carbonyl (C=O) groups excluding carboxylic acids is 2. The van der Waals surface area contributed by atoms with Gasteiger partial charge in [0.15, 0.2) is 5.78 Å². The lowest BCUT2D eigenvalue weighted by atomic mass is 10.2. The van der Waals surface area contributed by atoms with Crippen molar-refractivity contribution in [3.05, 3.63) is 90.0 Å². The highest BCUT2D eigenvalue weighted by atomic mass is 32.2. The number of rotatable bonds is 7. The van der Waals surface area contributed by atoms with Gasteiger partial charge in [0.1, 0.15) is 0 Å². The van der Waals surface area contributed by atoms with Crippen LogP contribution in [0.25, 0.3) is 0 Å². The molecule has 0 fully saturated rings. The van der Waals surface area contributed by atoms with Crippen LogP contribution in [-0.2, 0) is 0 Å². The molecule has 0 aliphatic rings. The summed E-state index contributed by atoms with van der Waals surface area (Å²) in [6.07, 6.45) is 2.00. The summed E-state index contributed by atoms with van der Waals surface area (Å²) in [5.41, 5.74) is 2.04. The third-order valence-corrected chi connectivity index (χ3v) is 5.61. The highest BCUT2D eigenvalue weighted by Crippen LogP contribution is 2.22. The maximum atomic E-state index is 12.5. The first kappa shape index (κ1) is 19.3. The van der Waals surface area contributed by atoms with Crippen LogP contribution in [0.5, 0.6) is 0 Å². The van der Waals surface area contributed by atoms with Crippen LogP contribution in [0.3, 0.4) is 0 Å². The Labute approximate surface area is 167 Å². The van der Waals surface area contributed by atoms with E-state index in [1.807, 2.05) is 79.1 Å². The molecule has 3 aromatic carbocycles. The van der Waals surface area contributed by atoms with Gasteiger partial charge in [0.25, 0.3) is 5.91 Å². The maximum absolute atomic E-state index is 12.5. The summed E-state index contributed by atoms with van der Waals surface area (Å²) in [5.74, 6) is 0.250. The molecule has 27 heavy (non-hydrogen) atoms. The van der Waals surface area contributed by atoms with Gasteiger partial charge in [0.05, 0.1) is 5.75 Å². The Kier molecular flexibility index (Phi) is 6.74. The van der Waals surface area contributed by atoms with Gasteiger partial charge in [-0.25, -0.2) is 0 Å². The van der Waals surface area contributed by atoms with Gasteiger partial charge in [0.2, 0.25) is 0 Å². The third kappa shape index (κ3) is 5.49. The van der Waals surface area contributed by atoms with Crippen LogP contribution >= 0.6 is 23.5 Å². The molecule has 5 heteroatoms. The van der Waals surface area contributed by atoms with Crippen LogP contribution in [0.2, 0.25) is 0 Å². The molecule has 0 saturated heterocycles. The van der Waals surface area contributed by atoms with E-state index in [1.165, 1.54) is 11.8 Å². The second-order valence-electron chi connectivity index (χ2n) is 5.79. The molecule has 0 aliphatic heterocycles. The Morgan fingerprint density at radius 2 is 1.52 bits per heavy atom. The molecule has 0 bridgehead atoms. The Hall–Kier alpha value is -2.50. The van der Waals surface area contributed by atoms with Gasteiger partial charge in [0, 0.05) is 26.6 Å². The zero-order chi connectivity index (χ0) is 19.1. The summed E-state index contributed by atoms with van der Waals surface area (Å²) in [6, 6.07) is 24.3. The van der Waals surface area contributed by atoms with E-state index >= 15 is 0 Å². The van der Waals surface area contributed by atoms with Gasteiger partial charge in [-0.3, -0.25) is 9.59 Å². The number of hydrogen-bond donors (Lipinski definition) is 1. The van der Waals surface area contributed by atoms with Crippen LogP contribution in [0.4, 0.5) is 5.69 Å². The van der Waals surface area contributed by atoms with Crippen molar-refractivity contribution in [3.63, 3.8) is 0 Å². The summed E-state index contributed by atoms with van der Waals surface area (Å²) in [5, 5.41) is 2.92. The van der Waals surface area contributed by atoms with Crippen LogP contribution in [0.15, 0.2) is 88.7 Å². The first-order valence-corrected chi connectivity index (χ1v) is 10.6. The van der Waals surface area contributed by atoms with Crippen LogP contribution < -0.4 is 5.32 Å². The predicted octanol–water partition coefficient (Wildman–Crippen LogP) is 5.64.